The standard InChI is InChI=1S/C8H6BFO4/c10-7-4(8(11)12)1-2-6-5(7)3-14-9(6)13/h1-2,13H,3H2,(H,11,12). The first kappa shape index (κ1) is 9.17. The van der Waals surface area contributed by atoms with Gasteiger partial charge in [0.2, 0.25) is 0 Å². The summed E-state index contributed by atoms with van der Waals surface area (Å²) in [5, 5.41) is 17.8. The Bertz CT molecular complexity index is 407. The summed E-state index contributed by atoms with van der Waals surface area (Å²) in [6, 6.07) is 2.48. The van der Waals surface area contributed by atoms with E-state index >= 15 is 0 Å². The van der Waals surface area contributed by atoms with Gasteiger partial charge in [-0.2, -0.15) is 0 Å². The summed E-state index contributed by atoms with van der Waals surface area (Å²) in [7, 11) is -1.15. The van der Waals surface area contributed by atoms with Gasteiger partial charge in [0.25, 0.3) is 0 Å². The molecule has 1 aromatic rings. The number of benzene rings is 1. The minimum absolute atomic E-state index is 0.0938. The third kappa shape index (κ3) is 1.20. The molecule has 1 aliphatic heterocycles. The number of hydrogen-bond donors (Lipinski definition) is 2. The third-order valence-corrected chi connectivity index (χ3v) is 2.16. The molecule has 6 heteroatoms. The third-order valence-electron chi connectivity index (χ3n) is 2.16. The smallest absolute Gasteiger partial charge is 0.478 e. The van der Waals surface area contributed by atoms with Gasteiger partial charge in [-0.05, 0) is 11.5 Å². The minimum atomic E-state index is -1.33. The molecule has 0 bridgehead atoms. The van der Waals surface area contributed by atoms with Crippen molar-refractivity contribution >= 4 is 18.6 Å². The van der Waals surface area contributed by atoms with Crippen LogP contribution < -0.4 is 5.46 Å². The molecule has 0 spiro atoms. The number of carboxylic acids is 1. The summed E-state index contributed by atoms with van der Waals surface area (Å²) in [5.74, 6) is -2.15. The van der Waals surface area contributed by atoms with Crippen molar-refractivity contribution in [2.45, 2.75) is 6.61 Å². The van der Waals surface area contributed by atoms with Crippen LogP contribution in [0, 0.1) is 5.82 Å². The van der Waals surface area contributed by atoms with E-state index in [4.69, 9.17) is 9.76 Å². The van der Waals surface area contributed by atoms with E-state index in [9.17, 15) is 14.2 Å². The van der Waals surface area contributed by atoms with E-state index in [1.807, 2.05) is 0 Å². The molecule has 0 aliphatic carbocycles. The lowest BCUT2D eigenvalue weighted by atomic mass is 9.79. The molecule has 0 radical (unpaired) electrons. The summed E-state index contributed by atoms with van der Waals surface area (Å²) >= 11 is 0. The first-order valence-electron chi connectivity index (χ1n) is 3.95. The summed E-state index contributed by atoms with van der Waals surface area (Å²) in [4.78, 5) is 10.6. The number of halogens is 1. The maximum atomic E-state index is 13.4. The number of hydrogen-bond acceptors (Lipinski definition) is 3. The normalized spacial score (nSPS) is 14.3. The minimum Gasteiger partial charge on any atom is -0.478 e. The van der Waals surface area contributed by atoms with Crippen molar-refractivity contribution in [2.75, 3.05) is 0 Å². The second kappa shape index (κ2) is 3.07. The number of aromatic carboxylic acids is 1. The quantitative estimate of drug-likeness (QED) is 0.607. The highest BCUT2D eigenvalue weighted by Gasteiger charge is 2.31. The van der Waals surface area contributed by atoms with Crippen LogP contribution in [0.1, 0.15) is 15.9 Å². The van der Waals surface area contributed by atoms with Gasteiger partial charge < -0.3 is 14.8 Å². The van der Waals surface area contributed by atoms with Gasteiger partial charge in [0.15, 0.2) is 0 Å². The van der Waals surface area contributed by atoms with Crippen molar-refractivity contribution in [1.82, 2.24) is 0 Å². The molecule has 2 rings (SSSR count). The van der Waals surface area contributed by atoms with Crippen LogP contribution in [-0.2, 0) is 11.3 Å². The van der Waals surface area contributed by atoms with Crippen molar-refractivity contribution in [3.8, 4) is 0 Å². The molecule has 14 heavy (non-hydrogen) atoms. The fourth-order valence-electron chi connectivity index (χ4n) is 1.43. The van der Waals surface area contributed by atoms with Crippen molar-refractivity contribution in [2.24, 2.45) is 0 Å². The molecule has 72 valence electrons. The van der Waals surface area contributed by atoms with Gasteiger partial charge in [-0.15, -0.1) is 0 Å². The fourth-order valence-corrected chi connectivity index (χ4v) is 1.43. The van der Waals surface area contributed by atoms with E-state index in [0.29, 0.717) is 5.46 Å². The predicted molar refractivity (Wildman–Crippen MR) is 45.8 cm³/mol. The van der Waals surface area contributed by atoms with Gasteiger partial charge in [0.1, 0.15) is 5.82 Å². The monoisotopic (exact) mass is 196 g/mol. The molecule has 1 aliphatic rings. The van der Waals surface area contributed by atoms with E-state index in [1.54, 1.807) is 0 Å². The van der Waals surface area contributed by atoms with Gasteiger partial charge in [-0.25, -0.2) is 9.18 Å². The van der Waals surface area contributed by atoms with Crippen molar-refractivity contribution in [1.29, 1.82) is 0 Å². The Hall–Kier alpha value is -1.40. The van der Waals surface area contributed by atoms with E-state index in [-0.39, 0.29) is 12.2 Å². The van der Waals surface area contributed by atoms with E-state index in [2.05, 4.69) is 0 Å². The molecule has 2 N–H and O–H groups in total. The Morgan fingerprint density at radius 3 is 2.93 bits per heavy atom. The van der Waals surface area contributed by atoms with Crippen molar-refractivity contribution in [3.63, 3.8) is 0 Å². The van der Waals surface area contributed by atoms with Crippen LogP contribution in [0.3, 0.4) is 0 Å². The zero-order valence-corrected chi connectivity index (χ0v) is 7.03. The van der Waals surface area contributed by atoms with Gasteiger partial charge in [0.05, 0.1) is 12.2 Å². The summed E-state index contributed by atoms with van der Waals surface area (Å²) in [6.07, 6.45) is 0. The molecule has 0 saturated heterocycles. The van der Waals surface area contributed by atoms with Crippen LogP contribution >= 0.6 is 0 Å². The van der Waals surface area contributed by atoms with Gasteiger partial charge >= 0.3 is 13.1 Å². The fraction of sp³-hybridized carbons (Fsp3) is 0.125. The molecule has 0 unspecified atom stereocenters. The molecule has 4 nitrogen and oxygen atoms in total. The first-order chi connectivity index (χ1) is 6.61. The maximum absolute atomic E-state index is 13.4. The second-order valence-corrected chi connectivity index (χ2v) is 2.96. The topological polar surface area (TPSA) is 66.8 Å². The number of rotatable bonds is 1. The Kier molecular flexibility index (Phi) is 2.01. The van der Waals surface area contributed by atoms with Crippen LogP contribution in [0.4, 0.5) is 4.39 Å². The lowest BCUT2D eigenvalue weighted by molar-refractivity contribution is 0.0691. The zero-order valence-electron chi connectivity index (χ0n) is 7.03. The Morgan fingerprint density at radius 1 is 1.57 bits per heavy atom. The lowest BCUT2D eigenvalue weighted by Gasteiger charge is -2.02. The molecular formula is C8H6BFO4. The molecule has 0 aromatic heterocycles. The molecule has 0 atom stereocenters. The van der Waals surface area contributed by atoms with Gasteiger partial charge in [-0.3, -0.25) is 0 Å². The highest BCUT2D eigenvalue weighted by molar-refractivity contribution is 6.61. The molecule has 1 heterocycles. The largest absolute Gasteiger partial charge is 0.491 e. The van der Waals surface area contributed by atoms with E-state index < -0.39 is 24.5 Å². The molecular weight excluding hydrogens is 190 g/mol. The average Bonchev–Trinajstić information content (AvgIpc) is 2.49. The average molecular weight is 196 g/mol. The highest BCUT2D eigenvalue weighted by Crippen LogP contribution is 2.17. The molecule has 1 aromatic carbocycles. The van der Waals surface area contributed by atoms with E-state index in [1.165, 1.54) is 6.07 Å². The Labute approximate surface area is 79.1 Å². The van der Waals surface area contributed by atoms with Gasteiger partial charge in [0, 0.05) is 5.56 Å². The number of fused-ring (bicyclic) bond motifs is 1. The second-order valence-electron chi connectivity index (χ2n) is 2.96. The van der Waals surface area contributed by atoms with Crippen LogP contribution in [0.25, 0.3) is 0 Å². The summed E-state index contributed by atoms with van der Waals surface area (Å²) < 4.78 is 18.2. The Balaban J connectivity index is 2.58. The van der Waals surface area contributed by atoms with Crippen molar-refractivity contribution < 1.29 is 24.0 Å². The predicted octanol–water partition coefficient (Wildman–Crippen LogP) is -0.258. The van der Waals surface area contributed by atoms with Gasteiger partial charge in [-0.1, -0.05) is 6.07 Å². The lowest BCUT2D eigenvalue weighted by Crippen LogP contribution is -2.28. The summed E-state index contributed by atoms with van der Waals surface area (Å²) in [6.45, 7) is -0.0938. The van der Waals surface area contributed by atoms with E-state index in [0.717, 1.165) is 6.07 Å². The highest BCUT2D eigenvalue weighted by atomic mass is 19.1. The number of carboxylic acid groups (broad SMARTS) is 1. The number of carbonyl (C=O) groups is 1. The molecule has 0 saturated carbocycles. The van der Waals surface area contributed by atoms with Crippen LogP contribution in [-0.4, -0.2) is 23.2 Å². The van der Waals surface area contributed by atoms with Crippen LogP contribution in [0.5, 0.6) is 0 Å². The van der Waals surface area contributed by atoms with Crippen molar-refractivity contribution in [3.05, 3.63) is 29.1 Å². The SMILES string of the molecule is O=C(O)c1ccc2c(c1F)COB2O. The summed E-state index contributed by atoms with van der Waals surface area (Å²) in [5.41, 5.74) is 0.0198. The molecule has 0 fully saturated rings. The van der Waals surface area contributed by atoms with Crippen LogP contribution in [0.15, 0.2) is 12.1 Å². The first-order valence-corrected chi connectivity index (χ1v) is 3.95. The zero-order chi connectivity index (χ0) is 10.3. The van der Waals surface area contributed by atoms with Crippen LogP contribution in [0.2, 0.25) is 0 Å². The maximum Gasteiger partial charge on any atom is 0.491 e. The molecule has 0 amide bonds. The Morgan fingerprint density at radius 2 is 2.29 bits per heavy atom.